The Bertz CT molecular complexity index is 1030. The van der Waals surface area contributed by atoms with Crippen molar-refractivity contribution in [2.75, 3.05) is 27.1 Å². The highest BCUT2D eigenvalue weighted by Gasteiger charge is 2.33. The van der Waals surface area contributed by atoms with Crippen molar-refractivity contribution in [3.05, 3.63) is 53.6 Å². The van der Waals surface area contributed by atoms with Gasteiger partial charge < -0.3 is 28.7 Å². The first-order valence-corrected chi connectivity index (χ1v) is 10.7. The number of carbonyl (C=O) groups excluding carboxylic acids is 2. The molecular weight excluding hydrogens is 428 g/mol. The molecule has 2 aromatic carbocycles. The predicted molar refractivity (Wildman–Crippen MR) is 118 cm³/mol. The van der Waals surface area contributed by atoms with Gasteiger partial charge in [0.25, 0.3) is 5.91 Å². The van der Waals surface area contributed by atoms with Gasteiger partial charge in [-0.15, -0.1) is 0 Å². The molecule has 4 rings (SSSR count). The van der Waals surface area contributed by atoms with Gasteiger partial charge in [0.1, 0.15) is 5.75 Å². The lowest BCUT2D eigenvalue weighted by atomic mass is 10.1. The van der Waals surface area contributed by atoms with Gasteiger partial charge in [-0.1, -0.05) is 17.3 Å². The largest absolute Gasteiger partial charge is 0.497 e. The Labute approximate surface area is 191 Å². The Morgan fingerprint density at radius 3 is 2.55 bits per heavy atom. The molecule has 9 heteroatoms. The average molecular weight is 454 g/mol. The van der Waals surface area contributed by atoms with E-state index in [1.165, 1.54) is 0 Å². The van der Waals surface area contributed by atoms with Crippen LogP contribution in [0.4, 0.5) is 0 Å². The van der Waals surface area contributed by atoms with E-state index in [-0.39, 0.29) is 25.3 Å². The summed E-state index contributed by atoms with van der Waals surface area (Å²) in [6.45, 7) is 1.67. The number of ether oxygens (including phenoxy) is 4. The molecule has 2 aliphatic rings. The van der Waals surface area contributed by atoms with Gasteiger partial charge in [0.05, 0.1) is 12.8 Å². The third kappa shape index (κ3) is 5.94. The standard InChI is InChI=1S/C24H26N2O7/c1-16(18-5-10-21-22(11-18)32-15-31-21)25-33-14-24(28)30-13-23(27)26(19-6-7-19)12-17-3-8-20(29-2)9-4-17/h3-5,8-11,19H,6-7,12-15H2,1-2H3/b25-16+. The van der Waals surface area contributed by atoms with E-state index < -0.39 is 12.6 Å². The number of oxime groups is 1. The van der Waals surface area contributed by atoms with Crippen molar-refractivity contribution in [2.24, 2.45) is 5.16 Å². The molecule has 0 bridgehead atoms. The molecule has 0 atom stereocenters. The van der Waals surface area contributed by atoms with E-state index in [1.54, 1.807) is 31.1 Å². The Morgan fingerprint density at radius 1 is 1.06 bits per heavy atom. The Kier molecular flexibility index (Phi) is 6.97. The Balaban J connectivity index is 1.23. The van der Waals surface area contributed by atoms with Crippen LogP contribution < -0.4 is 14.2 Å². The molecule has 0 spiro atoms. The number of hydrogen-bond donors (Lipinski definition) is 0. The minimum atomic E-state index is -0.661. The summed E-state index contributed by atoms with van der Waals surface area (Å²) in [5, 5.41) is 3.94. The second kappa shape index (κ2) is 10.2. The first-order valence-electron chi connectivity index (χ1n) is 10.7. The van der Waals surface area contributed by atoms with E-state index >= 15 is 0 Å². The van der Waals surface area contributed by atoms with Crippen molar-refractivity contribution in [1.29, 1.82) is 0 Å². The molecule has 33 heavy (non-hydrogen) atoms. The van der Waals surface area contributed by atoms with Crippen molar-refractivity contribution in [3.8, 4) is 17.2 Å². The molecule has 1 amide bonds. The Hall–Kier alpha value is -3.75. The molecule has 9 nitrogen and oxygen atoms in total. The fourth-order valence-electron chi connectivity index (χ4n) is 3.36. The number of carbonyl (C=O) groups is 2. The van der Waals surface area contributed by atoms with Crippen LogP contribution in [0.1, 0.15) is 30.9 Å². The summed E-state index contributed by atoms with van der Waals surface area (Å²) in [5.41, 5.74) is 2.33. The molecular formula is C24H26N2O7. The molecule has 0 radical (unpaired) electrons. The lowest BCUT2D eigenvalue weighted by molar-refractivity contribution is -0.156. The second-order valence-electron chi connectivity index (χ2n) is 7.78. The SMILES string of the molecule is COc1ccc(CN(C(=O)COC(=O)CO/N=C(\C)c2ccc3c(c2)OCO3)C2CC2)cc1. The van der Waals surface area contributed by atoms with Crippen LogP contribution in [0.15, 0.2) is 47.6 Å². The zero-order chi connectivity index (χ0) is 23.2. The molecule has 1 fully saturated rings. The molecule has 2 aromatic rings. The molecule has 174 valence electrons. The molecule has 0 N–H and O–H groups in total. The normalized spacial score (nSPS) is 14.5. The van der Waals surface area contributed by atoms with E-state index in [2.05, 4.69) is 5.16 Å². The number of hydrogen-bond acceptors (Lipinski definition) is 8. The van der Waals surface area contributed by atoms with Gasteiger partial charge in [0.15, 0.2) is 18.1 Å². The van der Waals surface area contributed by atoms with Crippen LogP contribution >= 0.6 is 0 Å². The second-order valence-corrected chi connectivity index (χ2v) is 7.78. The van der Waals surface area contributed by atoms with Crippen molar-refractivity contribution in [2.45, 2.75) is 32.4 Å². The van der Waals surface area contributed by atoms with Crippen molar-refractivity contribution < 1.29 is 33.4 Å². The quantitative estimate of drug-likeness (QED) is 0.309. The fraction of sp³-hybridized carbons (Fsp3) is 0.375. The average Bonchev–Trinajstić information content (AvgIpc) is 3.57. The van der Waals surface area contributed by atoms with E-state index in [1.807, 2.05) is 30.3 Å². The van der Waals surface area contributed by atoms with Gasteiger partial charge in [-0.25, -0.2) is 4.79 Å². The van der Waals surface area contributed by atoms with Gasteiger partial charge in [-0.05, 0) is 55.7 Å². The predicted octanol–water partition coefficient (Wildman–Crippen LogP) is 2.90. The number of benzene rings is 2. The van der Waals surface area contributed by atoms with Crippen LogP contribution in [0.2, 0.25) is 0 Å². The first-order chi connectivity index (χ1) is 16.0. The van der Waals surface area contributed by atoms with Gasteiger partial charge >= 0.3 is 5.97 Å². The number of amides is 1. The summed E-state index contributed by atoms with van der Waals surface area (Å²) >= 11 is 0. The summed E-state index contributed by atoms with van der Waals surface area (Å²) < 4.78 is 20.9. The van der Waals surface area contributed by atoms with Crippen molar-refractivity contribution in [3.63, 3.8) is 0 Å². The van der Waals surface area contributed by atoms with E-state index in [9.17, 15) is 9.59 Å². The summed E-state index contributed by atoms with van der Waals surface area (Å²) in [5.74, 6) is 1.17. The van der Waals surface area contributed by atoms with Crippen LogP contribution in [0.3, 0.4) is 0 Å². The molecule has 0 saturated heterocycles. The highest BCUT2D eigenvalue weighted by molar-refractivity contribution is 5.99. The van der Waals surface area contributed by atoms with Gasteiger partial charge in [0.2, 0.25) is 13.4 Å². The van der Waals surface area contributed by atoms with Gasteiger partial charge in [0, 0.05) is 18.2 Å². The monoisotopic (exact) mass is 454 g/mol. The number of nitrogens with zero attached hydrogens (tertiary/aromatic N) is 2. The number of methoxy groups -OCH3 is 1. The Morgan fingerprint density at radius 2 is 1.82 bits per heavy atom. The van der Waals surface area contributed by atoms with Gasteiger partial charge in [-0.3, -0.25) is 4.79 Å². The molecule has 0 unspecified atom stereocenters. The summed E-state index contributed by atoms with van der Waals surface area (Å²) in [4.78, 5) is 31.5. The third-order valence-corrected chi connectivity index (χ3v) is 5.35. The van der Waals surface area contributed by atoms with Crippen LogP contribution in [0.25, 0.3) is 0 Å². The molecule has 1 heterocycles. The summed E-state index contributed by atoms with van der Waals surface area (Å²) in [6, 6.07) is 13.1. The van der Waals surface area contributed by atoms with Crippen molar-refractivity contribution in [1.82, 2.24) is 4.90 Å². The lowest BCUT2D eigenvalue weighted by Gasteiger charge is -2.22. The fourth-order valence-corrected chi connectivity index (χ4v) is 3.36. The number of esters is 1. The van der Waals surface area contributed by atoms with E-state index in [0.717, 1.165) is 29.7 Å². The first kappa shape index (κ1) is 22.4. The van der Waals surface area contributed by atoms with E-state index in [4.69, 9.17) is 23.8 Å². The maximum Gasteiger partial charge on any atom is 0.347 e. The van der Waals surface area contributed by atoms with Crippen LogP contribution in [0, 0.1) is 0 Å². The maximum absolute atomic E-state index is 12.7. The zero-order valence-corrected chi connectivity index (χ0v) is 18.6. The topological polar surface area (TPSA) is 95.9 Å². The highest BCUT2D eigenvalue weighted by atomic mass is 16.7. The van der Waals surface area contributed by atoms with Crippen molar-refractivity contribution >= 4 is 17.6 Å². The molecule has 1 saturated carbocycles. The smallest absolute Gasteiger partial charge is 0.347 e. The van der Waals surface area contributed by atoms with E-state index in [0.29, 0.717) is 23.8 Å². The van der Waals surface area contributed by atoms with Crippen LogP contribution in [0.5, 0.6) is 17.2 Å². The lowest BCUT2D eigenvalue weighted by Crippen LogP contribution is -2.36. The molecule has 0 aromatic heterocycles. The highest BCUT2D eigenvalue weighted by Crippen LogP contribution is 2.32. The zero-order valence-electron chi connectivity index (χ0n) is 18.6. The minimum absolute atomic E-state index is 0.184. The minimum Gasteiger partial charge on any atom is -0.497 e. The van der Waals surface area contributed by atoms with Crippen LogP contribution in [-0.4, -0.2) is 55.6 Å². The number of fused-ring (bicyclic) bond motifs is 1. The van der Waals surface area contributed by atoms with Crippen LogP contribution in [-0.2, 0) is 25.7 Å². The summed E-state index contributed by atoms with van der Waals surface area (Å²) in [7, 11) is 1.61. The molecule has 1 aliphatic carbocycles. The van der Waals surface area contributed by atoms with Gasteiger partial charge in [-0.2, -0.15) is 0 Å². The number of rotatable bonds is 10. The maximum atomic E-state index is 12.7. The summed E-state index contributed by atoms with van der Waals surface area (Å²) in [6.07, 6.45) is 1.90. The third-order valence-electron chi connectivity index (χ3n) is 5.35. The molecule has 1 aliphatic heterocycles.